The van der Waals surface area contributed by atoms with Crippen molar-refractivity contribution in [1.82, 2.24) is 4.90 Å². The SMILES string of the molecule is CN(CCCN)CCc1ccc(Cl)cc1. The third-order valence-electron chi connectivity index (χ3n) is 2.44. The number of hydrogen-bond donors (Lipinski definition) is 1. The van der Waals surface area contributed by atoms with E-state index in [0.29, 0.717) is 0 Å². The van der Waals surface area contributed by atoms with Crippen LogP contribution in [-0.4, -0.2) is 31.6 Å². The molecule has 0 atom stereocenters. The Morgan fingerprint density at radius 3 is 2.47 bits per heavy atom. The van der Waals surface area contributed by atoms with Crippen LogP contribution in [0, 0.1) is 0 Å². The van der Waals surface area contributed by atoms with Gasteiger partial charge < -0.3 is 10.6 Å². The highest BCUT2D eigenvalue weighted by Gasteiger charge is 1.98. The second-order valence-corrected chi connectivity index (χ2v) is 4.26. The van der Waals surface area contributed by atoms with E-state index in [2.05, 4.69) is 24.1 Å². The van der Waals surface area contributed by atoms with E-state index in [1.54, 1.807) is 0 Å². The van der Waals surface area contributed by atoms with E-state index < -0.39 is 0 Å². The Balaban J connectivity index is 2.27. The lowest BCUT2D eigenvalue weighted by Gasteiger charge is -2.15. The number of halogens is 1. The molecule has 0 aliphatic rings. The molecule has 0 aromatic heterocycles. The van der Waals surface area contributed by atoms with Crippen LogP contribution in [0.25, 0.3) is 0 Å². The maximum absolute atomic E-state index is 5.82. The monoisotopic (exact) mass is 226 g/mol. The summed E-state index contributed by atoms with van der Waals surface area (Å²) in [6.45, 7) is 2.91. The number of nitrogens with zero attached hydrogens (tertiary/aromatic N) is 1. The molecule has 3 heteroatoms. The molecular weight excluding hydrogens is 208 g/mol. The van der Waals surface area contributed by atoms with Crippen molar-refractivity contribution in [3.8, 4) is 0 Å². The number of hydrogen-bond acceptors (Lipinski definition) is 2. The Morgan fingerprint density at radius 2 is 1.87 bits per heavy atom. The van der Waals surface area contributed by atoms with Crippen molar-refractivity contribution in [3.63, 3.8) is 0 Å². The number of benzene rings is 1. The molecule has 0 radical (unpaired) electrons. The van der Waals surface area contributed by atoms with Gasteiger partial charge in [0.1, 0.15) is 0 Å². The molecule has 0 aliphatic heterocycles. The molecule has 84 valence electrons. The van der Waals surface area contributed by atoms with Crippen LogP contribution in [0.1, 0.15) is 12.0 Å². The van der Waals surface area contributed by atoms with Crippen LogP contribution in [0.15, 0.2) is 24.3 Å². The first-order valence-electron chi connectivity index (χ1n) is 5.35. The van der Waals surface area contributed by atoms with Gasteiger partial charge in [-0.2, -0.15) is 0 Å². The van der Waals surface area contributed by atoms with Crippen molar-refractivity contribution in [2.24, 2.45) is 5.73 Å². The fraction of sp³-hybridized carbons (Fsp3) is 0.500. The standard InChI is InChI=1S/C12H19ClN2/c1-15(9-2-8-14)10-7-11-3-5-12(13)6-4-11/h3-6H,2,7-10,14H2,1H3. The van der Waals surface area contributed by atoms with Crippen LogP contribution in [0.5, 0.6) is 0 Å². The van der Waals surface area contributed by atoms with E-state index in [0.717, 1.165) is 37.5 Å². The van der Waals surface area contributed by atoms with Gasteiger partial charge in [0, 0.05) is 11.6 Å². The minimum absolute atomic E-state index is 0.769. The van der Waals surface area contributed by atoms with Gasteiger partial charge in [0.05, 0.1) is 0 Å². The molecular formula is C12H19ClN2. The number of rotatable bonds is 6. The van der Waals surface area contributed by atoms with Crippen molar-refractivity contribution in [3.05, 3.63) is 34.9 Å². The lowest BCUT2D eigenvalue weighted by atomic mass is 10.1. The summed E-state index contributed by atoms with van der Waals surface area (Å²) < 4.78 is 0. The molecule has 1 aromatic carbocycles. The molecule has 1 rings (SSSR count). The predicted octanol–water partition coefficient (Wildman–Crippen LogP) is 2.16. The van der Waals surface area contributed by atoms with Crippen LogP contribution >= 0.6 is 11.6 Å². The topological polar surface area (TPSA) is 29.3 Å². The lowest BCUT2D eigenvalue weighted by Crippen LogP contribution is -2.24. The summed E-state index contributed by atoms with van der Waals surface area (Å²) in [7, 11) is 2.13. The van der Waals surface area contributed by atoms with Crippen molar-refractivity contribution in [1.29, 1.82) is 0 Å². The Labute approximate surface area is 97.0 Å². The van der Waals surface area contributed by atoms with Gasteiger partial charge in [0.15, 0.2) is 0 Å². The van der Waals surface area contributed by atoms with E-state index in [9.17, 15) is 0 Å². The maximum atomic E-state index is 5.82. The normalized spacial score (nSPS) is 10.9. The van der Waals surface area contributed by atoms with Crippen molar-refractivity contribution >= 4 is 11.6 Å². The van der Waals surface area contributed by atoms with Crippen LogP contribution in [0.4, 0.5) is 0 Å². The van der Waals surface area contributed by atoms with Gasteiger partial charge in [0.25, 0.3) is 0 Å². The minimum atomic E-state index is 0.769. The van der Waals surface area contributed by atoms with Gasteiger partial charge in [-0.05, 0) is 50.7 Å². The highest BCUT2D eigenvalue weighted by Crippen LogP contribution is 2.10. The molecule has 2 N–H and O–H groups in total. The maximum Gasteiger partial charge on any atom is 0.0406 e. The second kappa shape index (κ2) is 6.83. The smallest absolute Gasteiger partial charge is 0.0406 e. The average molecular weight is 227 g/mol. The zero-order valence-corrected chi connectivity index (χ0v) is 10.0. The summed E-state index contributed by atoms with van der Waals surface area (Å²) in [6, 6.07) is 8.05. The summed E-state index contributed by atoms with van der Waals surface area (Å²) in [5, 5.41) is 0.801. The van der Waals surface area contributed by atoms with E-state index >= 15 is 0 Å². The lowest BCUT2D eigenvalue weighted by molar-refractivity contribution is 0.335. The fourth-order valence-corrected chi connectivity index (χ4v) is 1.57. The summed E-state index contributed by atoms with van der Waals surface area (Å²) in [5.74, 6) is 0. The fourth-order valence-electron chi connectivity index (χ4n) is 1.44. The van der Waals surface area contributed by atoms with E-state index in [-0.39, 0.29) is 0 Å². The average Bonchev–Trinajstić information content (AvgIpc) is 2.25. The summed E-state index contributed by atoms with van der Waals surface area (Å²) >= 11 is 5.82. The zero-order valence-electron chi connectivity index (χ0n) is 9.25. The summed E-state index contributed by atoms with van der Waals surface area (Å²) in [4.78, 5) is 2.31. The number of nitrogens with two attached hydrogens (primary N) is 1. The molecule has 0 aliphatic carbocycles. The molecule has 0 unspecified atom stereocenters. The second-order valence-electron chi connectivity index (χ2n) is 3.82. The third-order valence-corrected chi connectivity index (χ3v) is 2.69. The molecule has 1 aromatic rings. The molecule has 0 spiro atoms. The molecule has 15 heavy (non-hydrogen) atoms. The van der Waals surface area contributed by atoms with Crippen LogP contribution in [0.3, 0.4) is 0 Å². The molecule has 0 fully saturated rings. The van der Waals surface area contributed by atoms with Crippen LogP contribution in [0.2, 0.25) is 5.02 Å². The Hall–Kier alpha value is -0.570. The highest BCUT2D eigenvalue weighted by molar-refractivity contribution is 6.30. The highest BCUT2D eigenvalue weighted by atomic mass is 35.5. The Morgan fingerprint density at radius 1 is 1.20 bits per heavy atom. The Kier molecular flexibility index (Phi) is 5.69. The van der Waals surface area contributed by atoms with Gasteiger partial charge in [0.2, 0.25) is 0 Å². The predicted molar refractivity (Wildman–Crippen MR) is 66.3 cm³/mol. The molecule has 0 saturated heterocycles. The largest absolute Gasteiger partial charge is 0.330 e. The van der Waals surface area contributed by atoms with E-state index in [4.69, 9.17) is 17.3 Å². The van der Waals surface area contributed by atoms with Crippen molar-refractivity contribution in [2.45, 2.75) is 12.8 Å². The van der Waals surface area contributed by atoms with Crippen LogP contribution in [-0.2, 0) is 6.42 Å². The van der Waals surface area contributed by atoms with Gasteiger partial charge in [-0.25, -0.2) is 0 Å². The molecule has 0 amide bonds. The summed E-state index contributed by atoms with van der Waals surface area (Å²) in [5.41, 5.74) is 6.79. The quantitative estimate of drug-likeness (QED) is 0.806. The first-order chi connectivity index (χ1) is 7.22. The third kappa shape index (κ3) is 5.17. The molecule has 0 heterocycles. The Bertz CT molecular complexity index is 271. The van der Waals surface area contributed by atoms with E-state index in [1.807, 2.05) is 12.1 Å². The van der Waals surface area contributed by atoms with Crippen LogP contribution < -0.4 is 5.73 Å². The van der Waals surface area contributed by atoms with Gasteiger partial charge >= 0.3 is 0 Å². The number of likely N-dealkylation sites (N-methyl/N-ethyl adjacent to an activating group) is 1. The first kappa shape index (κ1) is 12.5. The minimum Gasteiger partial charge on any atom is -0.330 e. The van der Waals surface area contributed by atoms with Crippen molar-refractivity contribution in [2.75, 3.05) is 26.7 Å². The van der Waals surface area contributed by atoms with Gasteiger partial charge in [-0.1, -0.05) is 23.7 Å². The summed E-state index contributed by atoms with van der Waals surface area (Å²) in [6.07, 6.45) is 2.13. The molecule has 2 nitrogen and oxygen atoms in total. The van der Waals surface area contributed by atoms with E-state index in [1.165, 1.54) is 5.56 Å². The first-order valence-corrected chi connectivity index (χ1v) is 5.73. The van der Waals surface area contributed by atoms with Gasteiger partial charge in [-0.15, -0.1) is 0 Å². The molecule has 0 saturated carbocycles. The van der Waals surface area contributed by atoms with Crippen molar-refractivity contribution < 1.29 is 0 Å². The van der Waals surface area contributed by atoms with Gasteiger partial charge in [-0.3, -0.25) is 0 Å². The zero-order chi connectivity index (χ0) is 11.1. The molecule has 0 bridgehead atoms.